The molecule has 1 heterocycles. The smallest absolute Gasteiger partial charge is 0.309 e. The zero-order valence-corrected chi connectivity index (χ0v) is 12.8. The van der Waals surface area contributed by atoms with Gasteiger partial charge in [0.2, 0.25) is 0 Å². The molecule has 19 heavy (non-hydrogen) atoms. The molecule has 0 amide bonds. The molecule has 0 fully saturated rings. The first-order valence-corrected chi connectivity index (χ1v) is 7.27. The van der Waals surface area contributed by atoms with Crippen LogP contribution in [0.4, 0.5) is 13.2 Å². The highest BCUT2D eigenvalue weighted by Crippen LogP contribution is 2.35. The highest BCUT2D eigenvalue weighted by Gasteiger charge is 2.35. The molecule has 1 atom stereocenters. The van der Waals surface area contributed by atoms with Gasteiger partial charge in [0.15, 0.2) is 5.01 Å². The lowest BCUT2D eigenvalue weighted by molar-refractivity contribution is -0.137. The van der Waals surface area contributed by atoms with E-state index in [9.17, 15) is 13.2 Å². The summed E-state index contributed by atoms with van der Waals surface area (Å²) in [5.41, 5.74) is 0.923. The molecule has 2 rings (SSSR count). The van der Waals surface area contributed by atoms with Crippen LogP contribution in [0, 0.1) is 3.57 Å². The minimum absolute atomic E-state index is 0.275. The number of thiazole rings is 1. The Morgan fingerprint density at radius 2 is 2.11 bits per heavy atom. The van der Waals surface area contributed by atoms with E-state index in [1.807, 2.05) is 24.3 Å². The number of aromatic nitrogens is 1. The van der Waals surface area contributed by atoms with E-state index in [1.165, 1.54) is 6.20 Å². The Hall–Kier alpha value is -0.670. The Morgan fingerprint density at radius 1 is 1.37 bits per heavy atom. The van der Waals surface area contributed by atoms with Gasteiger partial charge in [0, 0.05) is 14.6 Å². The maximum atomic E-state index is 12.6. The van der Waals surface area contributed by atoms with Crippen molar-refractivity contribution in [3.63, 3.8) is 0 Å². The van der Waals surface area contributed by atoms with Crippen molar-refractivity contribution in [2.75, 3.05) is 7.05 Å². The summed E-state index contributed by atoms with van der Waals surface area (Å²) in [7, 11) is 1.72. The monoisotopic (exact) mass is 398 g/mol. The summed E-state index contributed by atoms with van der Waals surface area (Å²) in [5, 5.41) is 2.21. The van der Waals surface area contributed by atoms with Crippen LogP contribution < -0.4 is 5.32 Å². The van der Waals surface area contributed by atoms with Crippen LogP contribution in [0.2, 0.25) is 0 Å². The highest BCUT2D eigenvalue weighted by molar-refractivity contribution is 14.1. The quantitative estimate of drug-likeness (QED) is 0.789. The molecule has 1 aromatic carbocycles. The van der Waals surface area contributed by atoms with E-state index in [0.717, 1.165) is 9.13 Å². The van der Waals surface area contributed by atoms with E-state index in [2.05, 4.69) is 32.9 Å². The van der Waals surface area contributed by atoms with Crippen molar-refractivity contribution < 1.29 is 13.2 Å². The van der Waals surface area contributed by atoms with Crippen LogP contribution in [0.25, 0.3) is 0 Å². The Labute approximate surface area is 126 Å². The molecule has 0 spiro atoms. The number of nitrogens with zero attached hydrogens (tertiary/aromatic N) is 1. The summed E-state index contributed by atoms with van der Waals surface area (Å²) in [5.74, 6) is 0. The number of rotatable bonds is 3. The average Bonchev–Trinajstić information content (AvgIpc) is 2.79. The standard InChI is InChI=1S/C12H10F3IN2S/c1-17-10(7-3-2-4-8(16)5-7)9-6-18-11(19-9)12(13,14)15/h2-6,10,17H,1H3. The second-order valence-electron chi connectivity index (χ2n) is 3.84. The first-order chi connectivity index (χ1) is 8.91. The Kier molecular flexibility index (Phi) is 4.46. The molecule has 102 valence electrons. The van der Waals surface area contributed by atoms with Gasteiger partial charge in [-0.2, -0.15) is 13.2 Å². The average molecular weight is 398 g/mol. The van der Waals surface area contributed by atoms with Crippen molar-refractivity contribution in [3.05, 3.63) is 49.5 Å². The van der Waals surface area contributed by atoms with Gasteiger partial charge in [-0.1, -0.05) is 12.1 Å². The molecule has 1 N–H and O–H groups in total. The van der Waals surface area contributed by atoms with Crippen LogP contribution in [0.3, 0.4) is 0 Å². The van der Waals surface area contributed by atoms with E-state index in [0.29, 0.717) is 16.2 Å². The molecule has 0 saturated heterocycles. The van der Waals surface area contributed by atoms with Gasteiger partial charge >= 0.3 is 6.18 Å². The van der Waals surface area contributed by atoms with Crippen LogP contribution in [-0.4, -0.2) is 12.0 Å². The molecule has 0 bridgehead atoms. The van der Waals surface area contributed by atoms with Crippen LogP contribution in [-0.2, 0) is 6.18 Å². The van der Waals surface area contributed by atoms with Crippen molar-refractivity contribution in [2.45, 2.75) is 12.2 Å². The third-order valence-corrected chi connectivity index (χ3v) is 4.30. The number of hydrogen-bond acceptors (Lipinski definition) is 3. The minimum Gasteiger partial charge on any atom is -0.309 e. The molecule has 0 radical (unpaired) electrons. The van der Waals surface area contributed by atoms with E-state index in [4.69, 9.17) is 0 Å². The number of halogens is 4. The molecule has 2 aromatic rings. The highest BCUT2D eigenvalue weighted by atomic mass is 127. The largest absolute Gasteiger partial charge is 0.443 e. The van der Waals surface area contributed by atoms with Crippen molar-refractivity contribution >= 4 is 33.9 Å². The number of benzene rings is 1. The first-order valence-electron chi connectivity index (χ1n) is 5.37. The third-order valence-electron chi connectivity index (χ3n) is 2.52. The SMILES string of the molecule is CNC(c1cccc(I)c1)c1cnc(C(F)(F)F)s1. The second-order valence-corrected chi connectivity index (χ2v) is 6.15. The van der Waals surface area contributed by atoms with Crippen molar-refractivity contribution in [1.82, 2.24) is 10.3 Å². The molecule has 0 aliphatic heterocycles. The Bertz CT molecular complexity index is 568. The fourth-order valence-electron chi connectivity index (χ4n) is 1.71. The Morgan fingerprint density at radius 3 is 2.63 bits per heavy atom. The number of nitrogens with one attached hydrogen (secondary N) is 1. The summed E-state index contributed by atoms with van der Waals surface area (Å²) in [6.45, 7) is 0. The van der Waals surface area contributed by atoms with Crippen LogP contribution >= 0.6 is 33.9 Å². The molecule has 0 saturated carbocycles. The second kappa shape index (κ2) is 5.76. The summed E-state index contributed by atoms with van der Waals surface area (Å²) in [4.78, 5) is 4.01. The fourth-order valence-corrected chi connectivity index (χ4v) is 3.20. The van der Waals surface area contributed by atoms with Gasteiger partial charge in [-0.3, -0.25) is 0 Å². The van der Waals surface area contributed by atoms with Crippen LogP contribution in [0.5, 0.6) is 0 Å². The zero-order chi connectivity index (χ0) is 14.0. The molecular formula is C12H10F3IN2S. The van der Waals surface area contributed by atoms with Crippen molar-refractivity contribution in [3.8, 4) is 0 Å². The van der Waals surface area contributed by atoms with Gasteiger partial charge in [-0.25, -0.2) is 4.98 Å². The summed E-state index contributed by atoms with van der Waals surface area (Å²) in [6, 6.07) is 7.37. The van der Waals surface area contributed by atoms with Gasteiger partial charge in [0.1, 0.15) is 0 Å². The van der Waals surface area contributed by atoms with E-state index in [1.54, 1.807) is 7.05 Å². The predicted molar refractivity (Wildman–Crippen MR) is 77.2 cm³/mol. The fraction of sp³-hybridized carbons (Fsp3) is 0.250. The summed E-state index contributed by atoms with van der Waals surface area (Å²) in [6.07, 6.45) is -3.10. The van der Waals surface area contributed by atoms with Gasteiger partial charge < -0.3 is 5.32 Å². The molecule has 2 nitrogen and oxygen atoms in total. The van der Waals surface area contributed by atoms with Crippen LogP contribution in [0.1, 0.15) is 21.5 Å². The molecule has 1 unspecified atom stereocenters. The van der Waals surface area contributed by atoms with Crippen molar-refractivity contribution in [1.29, 1.82) is 0 Å². The molecule has 7 heteroatoms. The Balaban J connectivity index is 2.35. The third kappa shape index (κ3) is 3.46. The number of hydrogen-bond donors (Lipinski definition) is 1. The summed E-state index contributed by atoms with van der Waals surface area (Å²) >= 11 is 2.84. The van der Waals surface area contributed by atoms with E-state index >= 15 is 0 Å². The van der Waals surface area contributed by atoms with Gasteiger partial charge in [0.05, 0.1) is 6.04 Å². The normalized spacial score (nSPS) is 13.5. The molecule has 1 aromatic heterocycles. The summed E-state index contributed by atoms with van der Waals surface area (Å²) < 4.78 is 38.7. The van der Waals surface area contributed by atoms with Crippen LogP contribution in [0.15, 0.2) is 30.5 Å². The number of alkyl halides is 3. The first kappa shape index (κ1) is 14.7. The zero-order valence-electron chi connectivity index (χ0n) is 9.83. The van der Waals surface area contributed by atoms with Gasteiger partial charge in [0.25, 0.3) is 0 Å². The molecule has 0 aliphatic rings. The maximum Gasteiger partial charge on any atom is 0.443 e. The lowest BCUT2D eigenvalue weighted by atomic mass is 10.1. The predicted octanol–water partition coefficient (Wildman–Crippen LogP) is 4.08. The lowest BCUT2D eigenvalue weighted by Gasteiger charge is -2.14. The minimum atomic E-state index is -4.38. The van der Waals surface area contributed by atoms with Crippen molar-refractivity contribution in [2.24, 2.45) is 0 Å². The van der Waals surface area contributed by atoms with E-state index < -0.39 is 11.2 Å². The molecule has 0 aliphatic carbocycles. The maximum absolute atomic E-state index is 12.6. The van der Waals surface area contributed by atoms with Gasteiger partial charge in [-0.15, -0.1) is 11.3 Å². The topological polar surface area (TPSA) is 24.9 Å². The van der Waals surface area contributed by atoms with Gasteiger partial charge in [-0.05, 0) is 47.3 Å². The van der Waals surface area contributed by atoms with E-state index in [-0.39, 0.29) is 6.04 Å². The molecular weight excluding hydrogens is 388 g/mol. The lowest BCUT2D eigenvalue weighted by Crippen LogP contribution is -2.16.